The number of hydrogen-bond acceptors (Lipinski definition) is 4. The van der Waals surface area contributed by atoms with E-state index in [1.165, 1.54) is 6.07 Å². The summed E-state index contributed by atoms with van der Waals surface area (Å²) in [4.78, 5) is 4.08. The maximum atomic E-state index is 13.8. The summed E-state index contributed by atoms with van der Waals surface area (Å²) in [5, 5.41) is 6.25. The largest absolute Gasteiger partial charge is 0.488 e. The lowest BCUT2D eigenvalue weighted by Gasteiger charge is -2.16. The van der Waals surface area contributed by atoms with Crippen LogP contribution in [0.2, 0.25) is 0 Å². The van der Waals surface area contributed by atoms with E-state index < -0.39 is 0 Å². The minimum Gasteiger partial charge on any atom is -0.488 e. The standard InChI is InChI=1S/C19H19FN4O/c1-23(2)22-19(24-12-11-21-14-24)16-8-4-6-10-18(16)25-13-15-7-3-5-9-17(15)20/h3-12,14H,13H2,1-2H3. The SMILES string of the molecule is CN(C)N=C(c1ccccc1OCc1ccccc1F)n1ccnc1. The van der Waals surface area contributed by atoms with Crippen molar-refractivity contribution < 1.29 is 9.13 Å². The lowest BCUT2D eigenvalue weighted by atomic mass is 10.1. The third kappa shape index (κ3) is 4.03. The van der Waals surface area contributed by atoms with Gasteiger partial charge in [0.2, 0.25) is 0 Å². The van der Waals surface area contributed by atoms with Crippen molar-refractivity contribution in [3.05, 3.63) is 84.2 Å². The first-order valence-electron chi connectivity index (χ1n) is 7.85. The Morgan fingerprint density at radius 3 is 2.64 bits per heavy atom. The van der Waals surface area contributed by atoms with Crippen LogP contribution < -0.4 is 4.74 Å². The van der Waals surface area contributed by atoms with Crippen molar-refractivity contribution in [2.75, 3.05) is 14.1 Å². The van der Waals surface area contributed by atoms with Gasteiger partial charge in [0.1, 0.15) is 24.5 Å². The molecule has 0 aliphatic rings. The van der Waals surface area contributed by atoms with Gasteiger partial charge in [-0.3, -0.25) is 4.57 Å². The highest BCUT2D eigenvalue weighted by molar-refractivity contribution is 6.02. The van der Waals surface area contributed by atoms with Crippen molar-refractivity contribution in [3.8, 4) is 5.75 Å². The molecule has 3 aromatic rings. The van der Waals surface area contributed by atoms with Crippen molar-refractivity contribution in [3.63, 3.8) is 0 Å². The molecule has 0 bridgehead atoms. The van der Waals surface area contributed by atoms with Crippen LogP contribution in [-0.2, 0) is 6.61 Å². The fraction of sp³-hybridized carbons (Fsp3) is 0.158. The molecule has 0 atom stereocenters. The average molecular weight is 338 g/mol. The molecular weight excluding hydrogens is 319 g/mol. The Bertz CT molecular complexity index is 859. The molecule has 25 heavy (non-hydrogen) atoms. The Hall–Kier alpha value is -3.15. The summed E-state index contributed by atoms with van der Waals surface area (Å²) in [5.41, 5.74) is 1.30. The van der Waals surface area contributed by atoms with Gasteiger partial charge in [-0.1, -0.05) is 30.3 Å². The highest BCUT2D eigenvalue weighted by Gasteiger charge is 2.13. The zero-order chi connectivity index (χ0) is 17.6. The zero-order valence-corrected chi connectivity index (χ0v) is 14.1. The number of imidazole rings is 1. The number of rotatable bonds is 5. The molecule has 0 spiro atoms. The second-order valence-electron chi connectivity index (χ2n) is 5.62. The van der Waals surface area contributed by atoms with Crippen molar-refractivity contribution in [2.45, 2.75) is 6.61 Å². The van der Waals surface area contributed by atoms with Crippen LogP contribution in [0.5, 0.6) is 5.75 Å². The van der Waals surface area contributed by atoms with Crippen LogP contribution in [0.25, 0.3) is 0 Å². The van der Waals surface area contributed by atoms with Crippen molar-refractivity contribution >= 4 is 5.84 Å². The first kappa shape index (κ1) is 16.7. The van der Waals surface area contributed by atoms with Gasteiger partial charge in [0.25, 0.3) is 0 Å². The van der Waals surface area contributed by atoms with Gasteiger partial charge < -0.3 is 9.75 Å². The van der Waals surface area contributed by atoms with Gasteiger partial charge in [0.05, 0.1) is 5.56 Å². The Morgan fingerprint density at radius 2 is 1.92 bits per heavy atom. The number of aromatic nitrogens is 2. The molecule has 5 nitrogen and oxygen atoms in total. The van der Waals surface area contributed by atoms with Crippen LogP contribution in [-0.4, -0.2) is 34.5 Å². The minimum atomic E-state index is -0.281. The van der Waals surface area contributed by atoms with Crippen LogP contribution in [0.4, 0.5) is 4.39 Å². The number of ether oxygens (including phenoxy) is 1. The summed E-state index contributed by atoms with van der Waals surface area (Å²) in [6.07, 6.45) is 5.18. The molecule has 128 valence electrons. The number of hydrogen-bond donors (Lipinski definition) is 0. The lowest BCUT2D eigenvalue weighted by molar-refractivity contribution is 0.299. The van der Waals surface area contributed by atoms with Gasteiger partial charge in [0.15, 0.2) is 5.84 Å². The van der Waals surface area contributed by atoms with E-state index >= 15 is 0 Å². The third-order valence-electron chi connectivity index (χ3n) is 3.51. The average Bonchev–Trinajstić information content (AvgIpc) is 3.14. The predicted molar refractivity (Wildman–Crippen MR) is 95.0 cm³/mol. The molecule has 0 unspecified atom stereocenters. The molecule has 0 aliphatic heterocycles. The van der Waals surface area contributed by atoms with E-state index in [-0.39, 0.29) is 12.4 Å². The molecule has 1 aromatic heterocycles. The molecule has 0 radical (unpaired) electrons. The molecular formula is C19H19FN4O. The van der Waals surface area contributed by atoms with Gasteiger partial charge in [-0.2, -0.15) is 5.10 Å². The second-order valence-corrected chi connectivity index (χ2v) is 5.62. The fourth-order valence-corrected chi connectivity index (χ4v) is 2.37. The first-order valence-corrected chi connectivity index (χ1v) is 7.85. The fourth-order valence-electron chi connectivity index (χ4n) is 2.37. The Kier molecular flexibility index (Phi) is 5.09. The van der Waals surface area contributed by atoms with Gasteiger partial charge in [-0.05, 0) is 18.2 Å². The van der Waals surface area contributed by atoms with E-state index in [1.54, 1.807) is 35.7 Å². The summed E-state index contributed by atoms with van der Waals surface area (Å²) in [6.45, 7) is 0.142. The van der Waals surface area contributed by atoms with E-state index in [2.05, 4.69) is 10.1 Å². The van der Waals surface area contributed by atoms with E-state index in [4.69, 9.17) is 4.74 Å². The van der Waals surface area contributed by atoms with Gasteiger partial charge in [0, 0.05) is 32.1 Å². The molecule has 0 fully saturated rings. The number of nitrogens with zero attached hydrogens (tertiary/aromatic N) is 4. The van der Waals surface area contributed by atoms with E-state index in [0.717, 1.165) is 5.56 Å². The highest BCUT2D eigenvalue weighted by Crippen LogP contribution is 2.22. The van der Waals surface area contributed by atoms with Crippen LogP contribution in [0.1, 0.15) is 11.1 Å². The maximum Gasteiger partial charge on any atom is 0.168 e. The Morgan fingerprint density at radius 1 is 1.16 bits per heavy atom. The van der Waals surface area contributed by atoms with Crippen molar-refractivity contribution in [1.82, 2.24) is 14.6 Å². The van der Waals surface area contributed by atoms with Crippen LogP contribution in [0.3, 0.4) is 0 Å². The molecule has 0 aliphatic carbocycles. The maximum absolute atomic E-state index is 13.8. The molecule has 0 amide bonds. The predicted octanol–water partition coefficient (Wildman–Crippen LogP) is 3.37. The molecule has 0 N–H and O–H groups in total. The van der Waals surface area contributed by atoms with E-state index in [0.29, 0.717) is 17.1 Å². The highest BCUT2D eigenvalue weighted by atomic mass is 19.1. The molecule has 2 aromatic carbocycles. The van der Waals surface area contributed by atoms with Gasteiger partial charge >= 0.3 is 0 Å². The Balaban J connectivity index is 1.93. The molecule has 1 heterocycles. The zero-order valence-electron chi connectivity index (χ0n) is 14.1. The summed E-state index contributed by atoms with van der Waals surface area (Å²) in [5.74, 6) is 1.02. The number of benzene rings is 2. The normalized spacial score (nSPS) is 11.4. The monoisotopic (exact) mass is 338 g/mol. The minimum absolute atomic E-state index is 0.142. The number of halogens is 1. The summed E-state index contributed by atoms with van der Waals surface area (Å²) >= 11 is 0. The van der Waals surface area contributed by atoms with E-state index in [9.17, 15) is 4.39 Å². The topological polar surface area (TPSA) is 42.6 Å². The summed E-state index contributed by atoms with van der Waals surface area (Å²) < 4.78 is 21.5. The molecule has 3 rings (SSSR count). The first-order chi connectivity index (χ1) is 12.1. The summed E-state index contributed by atoms with van der Waals surface area (Å²) in [7, 11) is 3.69. The van der Waals surface area contributed by atoms with Crippen molar-refractivity contribution in [2.24, 2.45) is 5.10 Å². The number of para-hydroxylation sites is 1. The van der Waals surface area contributed by atoms with Crippen LogP contribution in [0, 0.1) is 5.82 Å². The number of hydrazone groups is 1. The summed E-state index contributed by atoms with van der Waals surface area (Å²) in [6, 6.07) is 14.1. The quantitative estimate of drug-likeness (QED) is 0.407. The second kappa shape index (κ2) is 7.61. The van der Waals surface area contributed by atoms with Crippen molar-refractivity contribution in [1.29, 1.82) is 0 Å². The third-order valence-corrected chi connectivity index (χ3v) is 3.51. The van der Waals surface area contributed by atoms with Crippen LogP contribution >= 0.6 is 0 Å². The van der Waals surface area contributed by atoms with Gasteiger partial charge in [-0.25, -0.2) is 9.37 Å². The molecule has 0 saturated carbocycles. The molecule has 0 saturated heterocycles. The smallest absolute Gasteiger partial charge is 0.168 e. The lowest BCUT2D eigenvalue weighted by Crippen LogP contribution is -2.18. The molecule has 6 heteroatoms. The Labute approximate surface area is 146 Å². The van der Waals surface area contributed by atoms with E-state index in [1.807, 2.05) is 49.1 Å². The van der Waals surface area contributed by atoms with Crippen LogP contribution in [0.15, 0.2) is 72.4 Å². The van der Waals surface area contributed by atoms with Gasteiger partial charge in [-0.15, -0.1) is 0 Å².